The number of nitro groups is 1. The number of fused-ring (bicyclic) bond motifs is 1. The van der Waals surface area contributed by atoms with E-state index in [1.54, 1.807) is 12.1 Å². The van der Waals surface area contributed by atoms with Gasteiger partial charge in [0.1, 0.15) is 11.4 Å². The highest BCUT2D eigenvalue weighted by Gasteiger charge is 2.45. The largest absolute Gasteiger partial charge is 0.482 e. The van der Waals surface area contributed by atoms with Crippen LogP contribution in [-0.2, 0) is 5.41 Å². The lowest BCUT2D eigenvalue weighted by atomic mass is 9.68. The number of benzene rings is 2. The van der Waals surface area contributed by atoms with Gasteiger partial charge < -0.3 is 4.74 Å². The lowest BCUT2D eigenvalue weighted by molar-refractivity contribution is -0.384. The SMILES string of the molecule is Cc1ccccc1C(C)(C)C1(C)C=Cc2cc([N+](=O)[O-])ccc2O1. The third-order valence-electron chi connectivity index (χ3n) is 5.17. The number of non-ortho nitro benzene ring substituents is 1. The Morgan fingerprint density at radius 3 is 2.54 bits per heavy atom. The molecule has 0 aromatic heterocycles. The number of hydrogen-bond acceptors (Lipinski definition) is 3. The molecular weight excluding hydrogens is 302 g/mol. The van der Waals surface area contributed by atoms with Gasteiger partial charge in [0.05, 0.1) is 4.92 Å². The molecule has 1 aliphatic rings. The van der Waals surface area contributed by atoms with Crippen LogP contribution < -0.4 is 4.74 Å². The van der Waals surface area contributed by atoms with E-state index in [1.165, 1.54) is 17.2 Å². The molecule has 1 unspecified atom stereocenters. The average molecular weight is 323 g/mol. The molecule has 0 amide bonds. The van der Waals surface area contributed by atoms with Crippen LogP contribution in [0.25, 0.3) is 6.08 Å². The van der Waals surface area contributed by atoms with Crippen molar-refractivity contribution in [1.82, 2.24) is 0 Å². The van der Waals surface area contributed by atoms with E-state index in [0.717, 1.165) is 5.56 Å². The minimum Gasteiger partial charge on any atom is -0.482 e. The van der Waals surface area contributed by atoms with Crippen molar-refractivity contribution in [1.29, 1.82) is 0 Å². The molecule has 0 spiro atoms. The number of aryl methyl sites for hydroxylation is 1. The van der Waals surface area contributed by atoms with E-state index < -0.39 is 5.60 Å². The molecule has 0 saturated heterocycles. The van der Waals surface area contributed by atoms with Crippen molar-refractivity contribution in [3.8, 4) is 5.75 Å². The number of nitro benzene ring substituents is 1. The Labute approximate surface area is 141 Å². The van der Waals surface area contributed by atoms with Gasteiger partial charge in [0.25, 0.3) is 5.69 Å². The van der Waals surface area contributed by atoms with Crippen molar-refractivity contribution in [2.75, 3.05) is 0 Å². The van der Waals surface area contributed by atoms with E-state index in [1.807, 2.05) is 24.3 Å². The highest BCUT2D eigenvalue weighted by atomic mass is 16.6. The molecule has 24 heavy (non-hydrogen) atoms. The van der Waals surface area contributed by atoms with E-state index in [9.17, 15) is 10.1 Å². The van der Waals surface area contributed by atoms with Crippen LogP contribution >= 0.6 is 0 Å². The molecule has 0 N–H and O–H groups in total. The Balaban J connectivity index is 2.03. The second-order valence-corrected chi connectivity index (χ2v) is 6.96. The Hall–Kier alpha value is -2.62. The molecule has 0 fully saturated rings. The molecule has 0 saturated carbocycles. The van der Waals surface area contributed by atoms with Crippen LogP contribution in [0.3, 0.4) is 0 Å². The first-order chi connectivity index (χ1) is 11.2. The monoisotopic (exact) mass is 323 g/mol. The maximum atomic E-state index is 10.9. The topological polar surface area (TPSA) is 52.4 Å². The molecule has 1 heterocycles. The number of rotatable bonds is 3. The molecule has 0 radical (unpaired) electrons. The zero-order valence-corrected chi connectivity index (χ0v) is 14.4. The van der Waals surface area contributed by atoms with E-state index in [4.69, 9.17) is 4.74 Å². The van der Waals surface area contributed by atoms with Crippen molar-refractivity contribution >= 4 is 11.8 Å². The van der Waals surface area contributed by atoms with Crippen molar-refractivity contribution in [2.45, 2.75) is 38.7 Å². The van der Waals surface area contributed by atoms with Crippen LogP contribution in [0.2, 0.25) is 0 Å². The quantitative estimate of drug-likeness (QED) is 0.587. The minimum absolute atomic E-state index is 0.0729. The van der Waals surface area contributed by atoms with Crippen LogP contribution in [0, 0.1) is 17.0 Å². The van der Waals surface area contributed by atoms with Gasteiger partial charge in [0, 0.05) is 23.1 Å². The van der Waals surface area contributed by atoms with Gasteiger partial charge in [-0.15, -0.1) is 0 Å². The lowest BCUT2D eigenvalue weighted by Gasteiger charge is -2.45. The van der Waals surface area contributed by atoms with Gasteiger partial charge >= 0.3 is 0 Å². The highest BCUT2D eigenvalue weighted by Crippen LogP contribution is 2.44. The third kappa shape index (κ3) is 2.48. The summed E-state index contributed by atoms with van der Waals surface area (Å²) in [6.45, 7) is 8.48. The summed E-state index contributed by atoms with van der Waals surface area (Å²) in [7, 11) is 0. The number of ether oxygens (including phenoxy) is 1. The summed E-state index contributed by atoms with van der Waals surface area (Å²) in [6, 6.07) is 13.0. The Kier molecular flexibility index (Phi) is 3.71. The molecule has 0 bridgehead atoms. The van der Waals surface area contributed by atoms with Gasteiger partial charge in [-0.3, -0.25) is 10.1 Å². The minimum atomic E-state index is -0.553. The summed E-state index contributed by atoms with van der Waals surface area (Å²) >= 11 is 0. The normalized spacial score (nSPS) is 19.5. The van der Waals surface area contributed by atoms with Gasteiger partial charge in [-0.25, -0.2) is 0 Å². The first kappa shape index (κ1) is 16.2. The number of hydrogen-bond donors (Lipinski definition) is 0. The summed E-state index contributed by atoms with van der Waals surface area (Å²) in [6.07, 6.45) is 3.93. The molecule has 3 rings (SSSR count). The van der Waals surface area contributed by atoms with E-state index in [-0.39, 0.29) is 16.0 Å². The Morgan fingerprint density at radius 1 is 1.17 bits per heavy atom. The second-order valence-electron chi connectivity index (χ2n) is 6.96. The summed E-state index contributed by atoms with van der Waals surface area (Å²) in [5, 5.41) is 10.9. The van der Waals surface area contributed by atoms with Crippen LogP contribution in [0.1, 0.15) is 37.5 Å². The summed E-state index contributed by atoms with van der Waals surface area (Å²) in [5.74, 6) is 0.673. The lowest BCUT2D eigenvalue weighted by Crippen LogP contribution is -2.49. The summed E-state index contributed by atoms with van der Waals surface area (Å²) < 4.78 is 6.32. The van der Waals surface area contributed by atoms with Crippen LogP contribution in [0.5, 0.6) is 5.75 Å². The highest BCUT2D eigenvalue weighted by molar-refractivity contribution is 5.65. The van der Waals surface area contributed by atoms with Gasteiger partial charge in [-0.05, 0) is 37.1 Å². The summed E-state index contributed by atoms with van der Waals surface area (Å²) in [4.78, 5) is 10.5. The molecule has 2 aromatic carbocycles. The third-order valence-corrected chi connectivity index (χ3v) is 5.17. The predicted octanol–water partition coefficient (Wildman–Crippen LogP) is 5.05. The fourth-order valence-corrected chi connectivity index (χ4v) is 3.26. The van der Waals surface area contributed by atoms with Crippen LogP contribution in [-0.4, -0.2) is 10.5 Å². The average Bonchev–Trinajstić information content (AvgIpc) is 2.54. The van der Waals surface area contributed by atoms with Crippen molar-refractivity contribution in [3.05, 3.63) is 75.3 Å². The molecule has 4 heteroatoms. The Bertz CT molecular complexity index is 839. The van der Waals surface area contributed by atoms with Gasteiger partial charge in [-0.1, -0.05) is 44.2 Å². The maximum Gasteiger partial charge on any atom is 0.270 e. The predicted molar refractivity (Wildman–Crippen MR) is 95.4 cm³/mol. The zero-order chi connectivity index (χ0) is 17.5. The summed E-state index contributed by atoms with van der Waals surface area (Å²) in [5.41, 5.74) is 2.43. The van der Waals surface area contributed by atoms with E-state index in [2.05, 4.69) is 39.8 Å². The van der Waals surface area contributed by atoms with Crippen molar-refractivity contribution < 1.29 is 9.66 Å². The van der Waals surface area contributed by atoms with E-state index >= 15 is 0 Å². The standard InChI is InChI=1S/C20H21NO3/c1-14-7-5-6-8-17(14)19(2,3)20(4)12-11-15-13-16(21(22)23)9-10-18(15)24-20/h5-13H,1-4H3. The molecule has 124 valence electrons. The molecule has 0 aliphatic carbocycles. The Morgan fingerprint density at radius 2 is 1.88 bits per heavy atom. The zero-order valence-electron chi connectivity index (χ0n) is 14.4. The van der Waals surface area contributed by atoms with Crippen molar-refractivity contribution in [2.24, 2.45) is 0 Å². The maximum absolute atomic E-state index is 10.9. The smallest absolute Gasteiger partial charge is 0.270 e. The molecule has 4 nitrogen and oxygen atoms in total. The van der Waals surface area contributed by atoms with Gasteiger partial charge in [-0.2, -0.15) is 0 Å². The molecule has 1 atom stereocenters. The fraction of sp³-hybridized carbons (Fsp3) is 0.300. The van der Waals surface area contributed by atoms with E-state index in [0.29, 0.717) is 5.75 Å². The first-order valence-corrected chi connectivity index (χ1v) is 7.97. The molecular formula is C20H21NO3. The number of nitrogens with zero attached hydrogens (tertiary/aromatic N) is 1. The molecule has 1 aliphatic heterocycles. The van der Waals surface area contributed by atoms with Crippen LogP contribution in [0.15, 0.2) is 48.5 Å². The van der Waals surface area contributed by atoms with Crippen LogP contribution in [0.4, 0.5) is 5.69 Å². The molecule has 2 aromatic rings. The fourth-order valence-electron chi connectivity index (χ4n) is 3.26. The van der Waals surface area contributed by atoms with Gasteiger partial charge in [0.2, 0.25) is 0 Å². The van der Waals surface area contributed by atoms with Gasteiger partial charge in [0.15, 0.2) is 0 Å². The second kappa shape index (κ2) is 5.48. The first-order valence-electron chi connectivity index (χ1n) is 7.97. The van der Waals surface area contributed by atoms with Crippen molar-refractivity contribution in [3.63, 3.8) is 0 Å².